The van der Waals surface area contributed by atoms with Gasteiger partial charge in [0.2, 0.25) is 0 Å². The number of aryl methyl sites for hydroxylation is 3. The van der Waals surface area contributed by atoms with E-state index in [0.29, 0.717) is 0 Å². The summed E-state index contributed by atoms with van der Waals surface area (Å²) in [5.74, 6) is 1.15. The lowest BCUT2D eigenvalue weighted by molar-refractivity contribution is 0.575. The quantitative estimate of drug-likeness (QED) is 0.361. The molecule has 0 bridgehead atoms. The van der Waals surface area contributed by atoms with Gasteiger partial charge in [0.1, 0.15) is 5.82 Å². The van der Waals surface area contributed by atoms with Crippen LogP contribution >= 0.6 is 12.4 Å². The number of benzene rings is 1. The van der Waals surface area contributed by atoms with Gasteiger partial charge in [0, 0.05) is 24.7 Å². The topological polar surface area (TPSA) is 43.8 Å². The number of aromatic nitrogens is 2. The molecule has 3 nitrogen and oxygen atoms in total. The highest BCUT2D eigenvalue weighted by Gasteiger charge is 2.08. The summed E-state index contributed by atoms with van der Waals surface area (Å²) in [6.07, 6.45) is 16.4. The Bertz CT molecular complexity index is 634. The van der Waals surface area contributed by atoms with Gasteiger partial charge in [0.25, 0.3) is 0 Å². The molecule has 0 aliphatic heterocycles. The minimum absolute atomic E-state index is 0. The molecule has 0 aliphatic rings. The third-order valence-corrected chi connectivity index (χ3v) is 5.37. The lowest BCUT2D eigenvalue weighted by Gasteiger charge is -2.04. The molecular formula is C24H40ClN3. The Morgan fingerprint density at radius 3 is 2.07 bits per heavy atom. The van der Waals surface area contributed by atoms with Gasteiger partial charge in [-0.25, -0.2) is 4.98 Å². The number of hydrogen-bond donors (Lipinski definition) is 1. The molecule has 2 N–H and O–H groups in total. The highest BCUT2D eigenvalue weighted by Crippen LogP contribution is 2.21. The summed E-state index contributed by atoms with van der Waals surface area (Å²) in [5, 5.41) is 0. The van der Waals surface area contributed by atoms with E-state index < -0.39 is 0 Å². The van der Waals surface area contributed by atoms with E-state index >= 15 is 0 Å². The Morgan fingerprint density at radius 1 is 0.821 bits per heavy atom. The fourth-order valence-electron chi connectivity index (χ4n) is 3.63. The third kappa shape index (κ3) is 8.36. The first-order valence-electron chi connectivity index (χ1n) is 11.1. The average Bonchev–Trinajstić information content (AvgIpc) is 3.12. The van der Waals surface area contributed by atoms with Crippen LogP contribution in [0.5, 0.6) is 0 Å². The van der Waals surface area contributed by atoms with E-state index in [0.717, 1.165) is 37.4 Å². The van der Waals surface area contributed by atoms with Crippen molar-refractivity contribution >= 4 is 12.4 Å². The summed E-state index contributed by atoms with van der Waals surface area (Å²) in [5.41, 5.74) is 9.40. The van der Waals surface area contributed by atoms with Crippen molar-refractivity contribution in [3.63, 3.8) is 0 Å². The molecular weight excluding hydrogens is 366 g/mol. The normalized spacial score (nSPS) is 10.8. The van der Waals surface area contributed by atoms with Crippen LogP contribution in [0.2, 0.25) is 0 Å². The molecule has 1 heterocycles. The van der Waals surface area contributed by atoms with E-state index in [9.17, 15) is 0 Å². The largest absolute Gasteiger partial charge is 0.335 e. The zero-order chi connectivity index (χ0) is 19.3. The third-order valence-electron chi connectivity index (χ3n) is 5.37. The first kappa shape index (κ1) is 24.7. The predicted molar refractivity (Wildman–Crippen MR) is 124 cm³/mol. The summed E-state index contributed by atoms with van der Waals surface area (Å²) in [6.45, 7) is 6.13. The number of unbranched alkanes of at least 4 members (excludes halogenated alkanes) is 7. The van der Waals surface area contributed by atoms with E-state index in [1.54, 1.807) is 0 Å². The standard InChI is InChI=1S/C24H39N3.ClH/c1-3-5-6-7-8-9-10-11-13-21-15-17-22(18-16-21)23-20-27(4-2)24(26-23)14-12-19-25;/h15-18,20H,3-14,19,25H2,1-2H3;1H. The van der Waals surface area contributed by atoms with Crippen LogP contribution in [0.25, 0.3) is 11.3 Å². The minimum atomic E-state index is 0. The molecule has 28 heavy (non-hydrogen) atoms. The SMILES string of the molecule is CCCCCCCCCCc1ccc(-c2cn(CC)c(CCCN)n2)cc1.Cl. The second-order valence-corrected chi connectivity index (χ2v) is 7.64. The van der Waals surface area contributed by atoms with Gasteiger partial charge in [0.05, 0.1) is 5.69 Å². The van der Waals surface area contributed by atoms with Crippen molar-refractivity contribution in [2.45, 2.75) is 91.0 Å². The Balaban J connectivity index is 0.00000392. The van der Waals surface area contributed by atoms with Crippen LogP contribution in [0.1, 0.15) is 83.0 Å². The van der Waals surface area contributed by atoms with Crippen LogP contribution in [0.15, 0.2) is 30.5 Å². The van der Waals surface area contributed by atoms with Gasteiger partial charge < -0.3 is 10.3 Å². The maximum Gasteiger partial charge on any atom is 0.109 e. The molecule has 2 rings (SSSR count). The van der Waals surface area contributed by atoms with Crippen LogP contribution in [-0.4, -0.2) is 16.1 Å². The molecule has 1 aromatic carbocycles. The summed E-state index contributed by atoms with van der Waals surface area (Å²) >= 11 is 0. The molecule has 2 aromatic rings. The van der Waals surface area contributed by atoms with E-state index in [1.807, 2.05) is 0 Å². The monoisotopic (exact) mass is 405 g/mol. The number of halogens is 1. The van der Waals surface area contributed by atoms with Crippen LogP contribution in [0.4, 0.5) is 0 Å². The average molecular weight is 406 g/mol. The van der Waals surface area contributed by atoms with Crippen molar-refractivity contribution in [2.24, 2.45) is 5.73 Å². The molecule has 4 heteroatoms. The first-order valence-corrected chi connectivity index (χ1v) is 11.1. The van der Waals surface area contributed by atoms with Crippen LogP contribution in [0, 0.1) is 0 Å². The summed E-state index contributed by atoms with van der Waals surface area (Å²) < 4.78 is 2.25. The summed E-state index contributed by atoms with van der Waals surface area (Å²) in [7, 11) is 0. The fourth-order valence-corrected chi connectivity index (χ4v) is 3.63. The highest BCUT2D eigenvalue weighted by atomic mass is 35.5. The molecule has 0 fully saturated rings. The van der Waals surface area contributed by atoms with Gasteiger partial charge in [-0.05, 0) is 38.3 Å². The predicted octanol–water partition coefficient (Wildman–Crippen LogP) is 6.57. The van der Waals surface area contributed by atoms with Crippen molar-refractivity contribution in [2.75, 3.05) is 6.54 Å². The fraction of sp³-hybridized carbons (Fsp3) is 0.625. The number of hydrogen-bond acceptors (Lipinski definition) is 2. The molecule has 0 saturated carbocycles. The lowest BCUT2D eigenvalue weighted by Crippen LogP contribution is -2.05. The number of nitrogens with zero attached hydrogens (tertiary/aromatic N) is 2. The van der Waals surface area contributed by atoms with Gasteiger partial charge in [-0.3, -0.25) is 0 Å². The zero-order valence-corrected chi connectivity index (χ0v) is 18.8. The Hall–Kier alpha value is -1.32. The van der Waals surface area contributed by atoms with E-state index in [-0.39, 0.29) is 12.4 Å². The highest BCUT2D eigenvalue weighted by molar-refractivity contribution is 5.85. The Labute approximate surface area is 178 Å². The van der Waals surface area contributed by atoms with Gasteiger partial charge >= 0.3 is 0 Å². The molecule has 0 saturated heterocycles. The van der Waals surface area contributed by atoms with E-state index in [2.05, 4.69) is 48.9 Å². The summed E-state index contributed by atoms with van der Waals surface area (Å²) in [6, 6.07) is 9.02. The molecule has 158 valence electrons. The Morgan fingerprint density at radius 2 is 1.46 bits per heavy atom. The van der Waals surface area contributed by atoms with Crippen LogP contribution < -0.4 is 5.73 Å². The van der Waals surface area contributed by atoms with Gasteiger partial charge in [-0.1, -0.05) is 76.1 Å². The molecule has 0 radical (unpaired) electrons. The lowest BCUT2D eigenvalue weighted by atomic mass is 10.0. The van der Waals surface area contributed by atoms with Crippen LogP contribution in [0.3, 0.4) is 0 Å². The number of imidazole rings is 1. The second kappa shape index (κ2) is 14.6. The van der Waals surface area contributed by atoms with Gasteiger partial charge in [0.15, 0.2) is 0 Å². The summed E-state index contributed by atoms with van der Waals surface area (Å²) in [4.78, 5) is 4.84. The number of rotatable bonds is 14. The maximum absolute atomic E-state index is 5.65. The van der Waals surface area contributed by atoms with Crippen molar-refractivity contribution in [3.8, 4) is 11.3 Å². The first-order chi connectivity index (χ1) is 13.3. The van der Waals surface area contributed by atoms with Gasteiger partial charge in [-0.2, -0.15) is 0 Å². The zero-order valence-electron chi connectivity index (χ0n) is 18.0. The van der Waals surface area contributed by atoms with Crippen LogP contribution in [-0.2, 0) is 19.4 Å². The smallest absolute Gasteiger partial charge is 0.109 e. The molecule has 0 atom stereocenters. The van der Waals surface area contributed by atoms with E-state index in [1.165, 1.54) is 68.9 Å². The molecule has 0 spiro atoms. The second-order valence-electron chi connectivity index (χ2n) is 7.64. The van der Waals surface area contributed by atoms with Crippen molar-refractivity contribution < 1.29 is 0 Å². The number of nitrogens with two attached hydrogens (primary N) is 1. The maximum atomic E-state index is 5.65. The minimum Gasteiger partial charge on any atom is -0.335 e. The molecule has 0 amide bonds. The molecule has 0 unspecified atom stereocenters. The molecule has 1 aromatic heterocycles. The molecule has 0 aliphatic carbocycles. The van der Waals surface area contributed by atoms with Crippen molar-refractivity contribution in [1.82, 2.24) is 9.55 Å². The van der Waals surface area contributed by atoms with Gasteiger partial charge in [-0.15, -0.1) is 12.4 Å². The van der Waals surface area contributed by atoms with Crippen molar-refractivity contribution in [1.29, 1.82) is 0 Å². The van der Waals surface area contributed by atoms with E-state index in [4.69, 9.17) is 10.7 Å². The Kier molecular flexibility index (Phi) is 12.9. The van der Waals surface area contributed by atoms with Crippen molar-refractivity contribution in [3.05, 3.63) is 41.9 Å².